The summed E-state index contributed by atoms with van der Waals surface area (Å²) in [7, 11) is 1.89. The van der Waals surface area contributed by atoms with Gasteiger partial charge in [-0.05, 0) is 26.0 Å². The molecule has 0 aliphatic carbocycles. The van der Waals surface area contributed by atoms with Gasteiger partial charge >= 0.3 is 0 Å². The van der Waals surface area contributed by atoms with Gasteiger partial charge in [0.2, 0.25) is 0 Å². The molecular weight excluding hydrogens is 238 g/mol. The summed E-state index contributed by atoms with van der Waals surface area (Å²) in [5, 5.41) is 8.67. The zero-order chi connectivity index (χ0) is 13.4. The number of fused-ring (bicyclic) bond motifs is 1. The molecule has 2 heterocycles. The number of nitrogens with one attached hydrogen (secondary N) is 1. The molecule has 0 spiro atoms. The first kappa shape index (κ1) is 11.6. The van der Waals surface area contributed by atoms with E-state index in [1.54, 1.807) is 11.0 Å². The summed E-state index contributed by atoms with van der Waals surface area (Å²) in [4.78, 5) is 8.59. The van der Waals surface area contributed by atoms with Crippen molar-refractivity contribution >= 4 is 22.5 Å². The number of hydrogen-bond donors (Lipinski definition) is 1. The minimum absolute atomic E-state index is 0.791. The van der Waals surface area contributed by atoms with Gasteiger partial charge in [-0.3, -0.25) is 4.68 Å². The predicted octanol–water partition coefficient (Wildman–Crippen LogP) is 2.72. The molecule has 0 radical (unpaired) electrons. The summed E-state index contributed by atoms with van der Waals surface area (Å²) in [6.07, 6.45) is 1.56. The highest BCUT2D eigenvalue weighted by atomic mass is 15.3. The lowest BCUT2D eigenvalue weighted by atomic mass is 10.2. The fourth-order valence-corrected chi connectivity index (χ4v) is 2.15. The third-order valence-electron chi connectivity index (χ3n) is 3.11. The SMILES string of the molecule is Cc1ccc(Nc2ncnc3c2c(C)nn3C)cc1. The molecule has 0 aliphatic heterocycles. The van der Waals surface area contributed by atoms with Crippen molar-refractivity contribution < 1.29 is 0 Å². The number of benzene rings is 1. The van der Waals surface area contributed by atoms with Gasteiger partial charge in [-0.25, -0.2) is 9.97 Å². The van der Waals surface area contributed by atoms with E-state index in [1.807, 2.05) is 26.1 Å². The Morgan fingerprint density at radius 1 is 1.05 bits per heavy atom. The average Bonchev–Trinajstić information content (AvgIpc) is 2.69. The first-order chi connectivity index (χ1) is 9.15. The lowest BCUT2D eigenvalue weighted by Gasteiger charge is -2.07. The molecule has 19 heavy (non-hydrogen) atoms. The van der Waals surface area contributed by atoms with Crippen LogP contribution in [0.25, 0.3) is 11.0 Å². The van der Waals surface area contributed by atoms with Gasteiger partial charge in [-0.15, -0.1) is 0 Å². The molecule has 0 saturated carbocycles. The Bertz CT molecular complexity index is 727. The van der Waals surface area contributed by atoms with E-state index >= 15 is 0 Å². The molecule has 3 aromatic rings. The quantitative estimate of drug-likeness (QED) is 0.763. The fourth-order valence-electron chi connectivity index (χ4n) is 2.15. The normalized spacial score (nSPS) is 10.9. The summed E-state index contributed by atoms with van der Waals surface area (Å²) < 4.78 is 1.77. The Morgan fingerprint density at radius 3 is 2.53 bits per heavy atom. The highest BCUT2D eigenvalue weighted by molar-refractivity contribution is 5.90. The lowest BCUT2D eigenvalue weighted by Crippen LogP contribution is -1.97. The van der Waals surface area contributed by atoms with E-state index in [0.29, 0.717) is 0 Å². The average molecular weight is 253 g/mol. The molecule has 96 valence electrons. The molecule has 5 heteroatoms. The Hall–Kier alpha value is -2.43. The number of nitrogens with zero attached hydrogens (tertiary/aromatic N) is 4. The van der Waals surface area contributed by atoms with Crippen LogP contribution in [0, 0.1) is 13.8 Å². The number of hydrogen-bond acceptors (Lipinski definition) is 4. The van der Waals surface area contributed by atoms with Crippen molar-refractivity contribution in [2.24, 2.45) is 7.05 Å². The van der Waals surface area contributed by atoms with Crippen LogP contribution in [-0.4, -0.2) is 19.7 Å². The zero-order valence-corrected chi connectivity index (χ0v) is 11.2. The highest BCUT2D eigenvalue weighted by Gasteiger charge is 2.11. The molecule has 0 amide bonds. The second-order valence-electron chi connectivity index (χ2n) is 4.62. The van der Waals surface area contributed by atoms with Crippen molar-refractivity contribution in [1.82, 2.24) is 19.7 Å². The molecule has 1 aromatic carbocycles. The Morgan fingerprint density at radius 2 is 1.79 bits per heavy atom. The second-order valence-corrected chi connectivity index (χ2v) is 4.62. The molecule has 0 saturated heterocycles. The maximum Gasteiger partial charge on any atom is 0.163 e. The van der Waals surface area contributed by atoms with Gasteiger partial charge in [-0.2, -0.15) is 5.10 Å². The standard InChI is InChI=1S/C14H15N5/c1-9-4-6-11(7-5-9)17-13-12-10(2)18-19(3)14(12)16-8-15-13/h4-8H,1-3H3,(H,15,16,17). The van der Waals surface area contributed by atoms with Crippen LogP contribution in [0.4, 0.5) is 11.5 Å². The molecule has 1 N–H and O–H groups in total. The summed E-state index contributed by atoms with van der Waals surface area (Å²) in [6, 6.07) is 8.21. The first-order valence-electron chi connectivity index (χ1n) is 6.13. The van der Waals surface area contributed by atoms with Crippen LogP contribution in [0.2, 0.25) is 0 Å². The van der Waals surface area contributed by atoms with Crippen LogP contribution in [0.3, 0.4) is 0 Å². The predicted molar refractivity (Wildman–Crippen MR) is 75.5 cm³/mol. The van der Waals surface area contributed by atoms with Gasteiger partial charge < -0.3 is 5.32 Å². The van der Waals surface area contributed by atoms with Gasteiger partial charge in [0, 0.05) is 12.7 Å². The molecule has 0 unspecified atom stereocenters. The van der Waals surface area contributed by atoms with Crippen molar-refractivity contribution in [3.63, 3.8) is 0 Å². The third-order valence-corrected chi connectivity index (χ3v) is 3.11. The van der Waals surface area contributed by atoms with Gasteiger partial charge in [0.25, 0.3) is 0 Å². The van der Waals surface area contributed by atoms with Crippen LogP contribution in [0.5, 0.6) is 0 Å². The fraction of sp³-hybridized carbons (Fsp3) is 0.214. The minimum atomic E-state index is 0.791. The van der Waals surface area contributed by atoms with Crippen LogP contribution in [-0.2, 0) is 7.05 Å². The zero-order valence-electron chi connectivity index (χ0n) is 11.2. The first-order valence-corrected chi connectivity index (χ1v) is 6.13. The van der Waals surface area contributed by atoms with Crippen molar-refractivity contribution in [2.45, 2.75) is 13.8 Å². The van der Waals surface area contributed by atoms with Gasteiger partial charge in [0.15, 0.2) is 5.65 Å². The largest absolute Gasteiger partial charge is 0.340 e. The molecule has 0 fully saturated rings. The van der Waals surface area contributed by atoms with Crippen molar-refractivity contribution in [3.05, 3.63) is 41.9 Å². The maximum atomic E-state index is 4.38. The summed E-state index contributed by atoms with van der Waals surface area (Å²) in [5.74, 6) is 0.791. The number of aromatic nitrogens is 4. The van der Waals surface area contributed by atoms with E-state index in [-0.39, 0.29) is 0 Å². The van der Waals surface area contributed by atoms with E-state index < -0.39 is 0 Å². The minimum Gasteiger partial charge on any atom is -0.340 e. The van der Waals surface area contributed by atoms with Crippen LogP contribution < -0.4 is 5.32 Å². The summed E-state index contributed by atoms with van der Waals surface area (Å²) in [5.41, 5.74) is 4.00. The van der Waals surface area contributed by atoms with Gasteiger partial charge in [0.05, 0.1) is 11.1 Å². The lowest BCUT2D eigenvalue weighted by molar-refractivity contribution is 0.773. The Labute approximate surface area is 111 Å². The molecule has 0 aliphatic rings. The van der Waals surface area contributed by atoms with Gasteiger partial charge in [-0.1, -0.05) is 17.7 Å². The van der Waals surface area contributed by atoms with Crippen LogP contribution in [0.1, 0.15) is 11.3 Å². The van der Waals surface area contributed by atoms with Crippen LogP contribution >= 0.6 is 0 Å². The van der Waals surface area contributed by atoms with Crippen molar-refractivity contribution in [2.75, 3.05) is 5.32 Å². The smallest absolute Gasteiger partial charge is 0.163 e. The Kier molecular flexibility index (Phi) is 2.67. The molecule has 0 bridgehead atoms. The monoisotopic (exact) mass is 253 g/mol. The number of aryl methyl sites for hydroxylation is 3. The molecule has 3 rings (SSSR count). The summed E-state index contributed by atoms with van der Waals surface area (Å²) in [6.45, 7) is 4.03. The number of anilines is 2. The van der Waals surface area contributed by atoms with Crippen LogP contribution in [0.15, 0.2) is 30.6 Å². The highest BCUT2D eigenvalue weighted by Crippen LogP contribution is 2.25. The van der Waals surface area contributed by atoms with E-state index in [1.165, 1.54) is 5.56 Å². The molecule has 0 atom stereocenters. The maximum absolute atomic E-state index is 4.38. The van der Waals surface area contributed by atoms with E-state index in [0.717, 1.165) is 28.2 Å². The Balaban J connectivity index is 2.08. The summed E-state index contributed by atoms with van der Waals surface area (Å²) >= 11 is 0. The molecular formula is C14H15N5. The second kappa shape index (κ2) is 4.35. The number of rotatable bonds is 2. The van der Waals surface area contributed by atoms with E-state index in [9.17, 15) is 0 Å². The molecule has 5 nitrogen and oxygen atoms in total. The van der Waals surface area contributed by atoms with Gasteiger partial charge in [0.1, 0.15) is 12.1 Å². The van der Waals surface area contributed by atoms with Crippen molar-refractivity contribution in [3.8, 4) is 0 Å². The topological polar surface area (TPSA) is 55.6 Å². The van der Waals surface area contributed by atoms with E-state index in [4.69, 9.17) is 0 Å². The van der Waals surface area contributed by atoms with E-state index in [2.05, 4.69) is 39.4 Å². The van der Waals surface area contributed by atoms with Crippen molar-refractivity contribution in [1.29, 1.82) is 0 Å². The third kappa shape index (κ3) is 2.03. The molecule has 2 aromatic heterocycles.